The normalized spacial score (nSPS) is 30.4. The van der Waals surface area contributed by atoms with E-state index in [9.17, 15) is 0 Å². The Labute approximate surface area is 85.9 Å². The first-order chi connectivity index (χ1) is 6.79. The summed E-state index contributed by atoms with van der Waals surface area (Å²) in [4.78, 5) is 2.31. The molecular weight excluding hydrogens is 176 g/mol. The van der Waals surface area contributed by atoms with Gasteiger partial charge in [0.1, 0.15) is 0 Å². The van der Waals surface area contributed by atoms with Crippen LogP contribution in [0.2, 0.25) is 0 Å². The van der Waals surface area contributed by atoms with Gasteiger partial charge in [0.2, 0.25) is 0 Å². The number of piperidine rings is 1. The third-order valence-corrected chi connectivity index (χ3v) is 3.35. The highest BCUT2D eigenvalue weighted by molar-refractivity contribution is 5.88. The Balaban J connectivity index is 1.79. The quantitative estimate of drug-likeness (QED) is 0.745. The monoisotopic (exact) mass is 196 g/mol. The molecule has 1 atom stereocenters. The van der Waals surface area contributed by atoms with Gasteiger partial charge in [-0.25, -0.2) is 0 Å². The van der Waals surface area contributed by atoms with E-state index in [1.807, 2.05) is 0 Å². The highest BCUT2D eigenvalue weighted by Gasteiger charge is 2.28. The van der Waals surface area contributed by atoms with Gasteiger partial charge >= 0.3 is 0 Å². The van der Waals surface area contributed by atoms with Gasteiger partial charge in [-0.3, -0.25) is 4.90 Å². The molecule has 1 aliphatic heterocycles. The summed E-state index contributed by atoms with van der Waals surface area (Å²) in [6.07, 6.45) is 5.34. The topological polar surface area (TPSA) is 36.3 Å². The standard InChI is InChI=1S/C11H20N2O/c1-2-13-7-6-11(10(12)8-13)14-9-4-3-5-9/h9,11-12H,2-8H2,1H3. The third-order valence-electron chi connectivity index (χ3n) is 3.35. The molecule has 80 valence electrons. The van der Waals surface area contributed by atoms with Crippen LogP contribution in [0.4, 0.5) is 0 Å². The van der Waals surface area contributed by atoms with Crippen LogP contribution in [0.15, 0.2) is 0 Å². The number of hydrogen-bond acceptors (Lipinski definition) is 3. The van der Waals surface area contributed by atoms with E-state index in [1.54, 1.807) is 0 Å². The molecule has 1 heterocycles. The molecule has 1 saturated heterocycles. The summed E-state index contributed by atoms with van der Waals surface area (Å²) in [6.45, 7) is 5.11. The average Bonchev–Trinajstić information content (AvgIpc) is 2.13. The maximum atomic E-state index is 7.91. The Kier molecular flexibility index (Phi) is 3.19. The van der Waals surface area contributed by atoms with Gasteiger partial charge in [-0.05, 0) is 32.2 Å². The molecule has 0 aromatic rings. The van der Waals surface area contributed by atoms with Gasteiger partial charge in [0.05, 0.1) is 17.9 Å². The summed E-state index contributed by atoms with van der Waals surface area (Å²) >= 11 is 0. The lowest BCUT2D eigenvalue weighted by Crippen LogP contribution is -2.46. The van der Waals surface area contributed by atoms with Crippen LogP contribution in [0.1, 0.15) is 32.6 Å². The minimum Gasteiger partial charge on any atom is -0.369 e. The molecule has 1 saturated carbocycles. The van der Waals surface area contributed by atoms with Gasteiger partial charge in [-0.15, -0.1) is 0 Å². The molecule has 14 heavy (non-hydrogen) atoms. The van der Waals surface area contributed by atoms with Gasteiger partial charge in [-0.2, -0.15) is 0 Å². The zero-order chi connectivity index (χ0) is 9.97. The molecule has 2 aliphatic rings. The highest BCUT2D eigenvalue weighted by Crippen LogP contribution is 2.25. The molecule has 0 bridgehead atoms. The van der Waals surface area contributed by atoms with Crippen molar-refractivity contribution < 1.29 is 4.74 Å². The summed E-state index contributed by atoms with van der Waals surface area (Å²) in [5.41, 5.74) is 0.782. The van der Waals surface area contributed by atoms with E-state index in [-0.39, 0.29) is 6.10 Å². The second kappa shape index (κ2) is 4.41. The maximum absolute atomic E-state index is 7.91. The van der Waals surface area contributed by atoms with Crippen molar-refractivity contribution in [2.75, 3.05) is 19.6 Å². The Morgan fingerprint density at radius 3 is 2.71 bits per heavy atom. The van der Waals surface area contributed by atoms with Gasteiger partial charge in [0, 0.05) is 13.1 Å². The zero-order valence-corrected chi connectivity index (χ0v) is 8.96. The van der Waals surface area contributed by atoms with E-state index in [0.717, 1.165) is 31.8 Å². The smallest absolute Gasteiger partial charge is 0.0977 e. The van der Waals surface area contributed by atoms with E-state index < -0.39 is 0 Å². The van der Waals surface area contributed by atoms with E-state index in [1.165, 1.54) is 19.3 Å². The summed E-state index contributed by atoms with van der Waals surface area (Å²) in [5, 5.41) is 7.91. The molecule has 0 aromatic carbocycles. The van der Waals surface area contributed by atoms with Crippen molar-refractivity contribution in [3.05, 3.63) is 0 Å². The van der Waals surface area contributed by atoms with Crippen molar-refractivity contribution in [3.63, 3.8) is 0 Å². The summed E-state index contributed by atoms with van der Waals surface area (Å²) in [7, 11) is 0. The Morgan fingerprint density at radius 2 is 2.21 bits per heavy atom. The maximum Gasteiger partial charge on any atom is 0.0977 e. The van der Waals surface area contributed by atoms with Crippen molar-refractivity contribution >= 4 is 5.71 Å². The molecule has 0 aromatic heterocycles. The molecular formula is C11H20N2O. The average molecular weight is 196 g/mol. The SMILES string of the molecule is CCN1CCC(OC2CCC2)C(=N)C1. The molecule has 2 fully saturated rings. The minimum atomic E-state index is 0.128. The van der Waals surface area contributed by atoms with Crippen molar-refractivity contribution in [2.24, 2.45) is 0 Å². The second-order valence-electron chi connectivity index (χ2n) is 4.36. The van der Waals surface area contributed by atoms with Gasteiger partial charge < -0.3 is 10.1 Å². The molecule has 0 amide bonds. The predicted octanol–water partition coefficient (Wildman–Crippen LogP) is 1.67. The predicted molar refractivity (Wildman–Crippen MR) is 57.0 cm³/mol. The van der Waals surface area contributed by atoms with E-state index >= 15 is 0 Å². The lowest BCUT2D eigenvalue weighted by atomic mass is 9.95. The van der Waals surface area contributed by atoms with Crippen molar-refractivity contribution in [1.29, 1.82) is 5.41 Å². The Morgan fingerprint density at radius 1 is 1.43 bits per heavy atom. The Hall–Kier alpha value is -0.410. The van der Waals surface area contributed by atoms with E-state index in [0.29, 0.717) is 6.10 Å². The number of nitrogens with one attached hydrogen (secondary N) is 1. The molecule has 3 heteroatoms. The molecule has 3 nitrogen and oxygen atoms in total. The number of ether oxygens (including phenoxy) is 1. The van der Waals surface area contributed by atoms with Crippen LogP contribution < -0.4 is 0 Å². The summed E-state index contributed by atoms with van der Waals surface area (Å²) in [5.74, 6) is 0. The zero-order valence-electron chi connectivity index (χ0n) is 8.96. The summed E-state index contributed by atoms with van der Waals surface area (Å²) < 4.78 is 5.88. The molecule has 2 rings (SSSR count). The van der Waals surface area contributed by atoms with E-state index in [2.05, 4.69) is 11.8 Å². The Bertz CT molecular complexity index is 213. The van der Waals surface area contributed by atoms with Crippen LogP contribution in [0.3, 0.4) is 0 Å². The lowest BCUT2D eigenvalue weighted by molar-refractivity contribution is -0.0336. The van der Waals surface area contributed by atoms with Crippen molar-refractivity contribution in [2.45, 2.75) is 44.8 Å². The van der Waals surface area contributed by atoms with Gasteiger partial charge in [0.25, 0.3) is 0 Å². The first kappa shape index (κ1) is 10.1. The molecule has 0 spiro atoms. The first-order valence-corrected chi connectivity index (χ1v) is 5.74. The minimum absolute atomic E-state index is 0.128. The molecule has 1 unspecified atom stereocenters. The van der Waals surface area contributed by atoms with Gasteiger partial charge in [0.15, 0.2) is 0 Å². The van der Waals surface area contributed by atoms with Crippen LogP contribution >= 0.6 is 0 Å². The van der Waals surface area contributed by atoms with E-state index in [4.69, 9.17) is 10.1 Å². The van der Waals surface area contributed by atoms with Crippen LogP contribution in [0.5, 0.6) is 0 Å². The molecule has 1 aliphatic carbocycles. The first-order valence-electron chi connectivity index (χ1n) is 5.74. The van der Waals surface area contributed by atoms with Crippen LogP contribution in [0, 0.1) is 5.41 Å². The summed E-state index contributed by atoms with van der Waals surface area (Å²) in [6, 6.07) is 0. The van der Waals surface area contributed by atoms with Crippen molar-refractivity contribution in [1.82, 2.24) is 4.90 Å². The molecule has 0 radical (unpaired) electrons. The number of nitrogens with zero attached hydrogens (tertiary/aromatic N) is 1. The number of rotatable bonds is 3. The fraction of sp³-hybridized carbons (Fsp3) is 0.909. The molecule has 1 N–H and O–H groups in total. The number of likely N-dealkylation sites (tertiary alicyclic amines) is 1. The largest absolute Gasteiger partial charge is 0.369 e. The fourth-order valence-electron chi connectivity index (χ4n) is 2.06. The lowest BCUT2D eigenvalue weighted by Gasteiger charge is -2.36. The number of hydrogen-bond donors (Lipinski definition) is 1. The van der Waals surface area contributed by atoms with Crippen LogP contribution in [-0.2, 0) is 4.74 Å². The second-order valence-corrected chi connectivity index (χ2v) is 4.36. The van der Waals surface area contributed by atoms with Gasteiger partial charge in [-0.1, -0.05) is 6.92 Å². The third kappa shape index (κ3) is 2.15. The van der Waals surface area contributed by atoms with Crippen LogP contribution in [-0.4, -0.2) is 42.5 Å². The van der Waals surface area contributed by atoms with Crippen LogP contribution in [0.25, 0.3) is 0 Å². The highest BCUT2D eigenvalue weighted by atomic mass is 16.5. The fourth-order valence-corrected chi connectivity index (χ4v) is 2.06. The van der Waals surface area contributed by atoms with Crippen molar-refractivity contribution in [3.8, 4) is 0 Å².